The first-order valence-electron chi connectivity index (χ1n) is 10.5. The fourth-order valence-corrected chi connectivity index (χ4v) is 5.97. The predicted octanol–water partition coefficient (Wildman–Crippen LogP) is -5.10. The number of nitrogens with two attached hydrogens (primary N) is 2. The van der Waals surface area contributed by atoms with Crippen molar-refractivity contribution >= 4 is 66.5 Å². The number of rotatable bonds is 13. The van der Waals surface area contributed by atoms with Gasteiger partial charge in [0.25, 0.3) is 31.9 Å². The van der Waals surface area contributed by atoms with Crippen LogP contribution in [0.4, 0.5) is 0 Å². The maximum Gasteiger partial charge on any atom is 0.317 e. The van der Waals surface area contributed by atoms with E-state index in [9.17, 15) is 46.2 Å². The van der Waals surface area contributed by atoms with Crippen molar-refractivity contribution in [2.45, 2.75) is 8.68 Å². The number of aryl methyl sites for hydroxylation is 2. The number of carbonyl (C=O) groups is 4. The molecule has 2 rings (SSSR count). The van der Waals surface area contributed by atoms with Crippen LogP contribution in [-0.2, 0) is 72.8 Å². The third kappa shape index (κ3) is 12.0. The van der Waals surface area contributed by atoms with Gasteiger partial charge >= 0.3 is 11.9 Å². The molecule has 0 aliphatic carbocycles. The second-order valence-corrected chi connectivity index (χ2v) is 13.2. The Hall–Kier alpha value is -2.64. The van der Waals surface area contributed by atoms with Gasteiger partial charge in [0.2, 0.25) is 18.3 Å². The van der Waals surface area contributed by atoms with Gasteiger partial charge in [0.05, 0.1) is 26.2 Å². The van der Waals surface area contributed by atoms with Crippen LogP contribution in [0.15, 0.2) is 18.7 Å². The molecule has 0 radical (unpaired) electrons. The quantitative estimate of drug-likeness (QED) is 0.142. The molecule has 0 atom stereocenters. The minimum atomic E-state index is -4.14. The zero-order chi connectivity index (χ0) is 30.4. The zero-order valence-corrected chi connectivity index (χ0v) is 27.7. The summed E-state index contributed by atoms with van der Waals surface area (Å²) in [5.41, 5.74) is 0. The normalized spacial score (nSPS) is 13.0. The number of primary sulfonamides is 2. The van der Waals surface area contributed by atoms with E-state index in [0.29, 0.717) is 22.7 Å². The molecule has 2 aromatic rings. The summed E-state index contributed by atoms with van der Waals surface area (Å²) in [6.07, 6.45) is 0. The Morgan fingerprint density at radius 2 is 1.07 bits per heavy atom. The van der Waals surface area contributed by atoms with Gasteiger partial charge in [0.15, 0.2) is 0 Å². The van der Waals surface area contributed by atoms with Crippen LogP contribution in [0.3, 0.4) is 0 Å². The Bertz CT molecular complexity index is 1540. The van der Waals surface area contributed by atoms with E-state index < -0.39 is 78.7 Å². The average molecular weight is 710 g/mol. The van der Waals surface area contributed by atoms with Crippen LogP contribution in [-0.4, -0.2) is 119 Å². The molecule has 0 bridgehead atoms. The summed E-state index contributed by atoms with van der Waals surface area (Å²) in [5, 5.41) is 35.8. The zero-order valence-electron chi connectivity index (χ0n) is 21.5. The molecule has 41 heavy (non-hydrogen) atoms. The van der Waals surface area contributed by atoms with Crippen LogP contribution < -0.4 is 19.9 Å². The molecule has 224 valence electrons. The van der Waals surface area contributed by atoms with E-state index in [1.807, 2.05) is 0 Å². The molecule has 0 aliphatic rings. The Morgan fingerprint density at radius 3 is 1.32 bits per heavy atom. The van der Waals surface area contributed by atoms with Gasteiger partial charge in [0, 0.05) is 46.7 Å². The van der Waals surface area contributed by atoms with Crippen LogP contribution in [0.1, 0.15) is 0 Å². The number of carboxylic acids is 2. The standard InChI is InChI=1S/C16H24N10O10S4.Zn/c1-23-13(37-15(21-23)39(17,33)34)19-9(27)5-25(7-11(29)30)3-4-26(8-12(31)32)6-10(28)20-14-24(2)22-16(38-14)40(18,35)36;/h3-8H2,1-2H3,(H,29,30)(H,31,32)(H2,17,33,34)(H2,18,35,36);. The average Bonchev–Trinajstić information content (AvgIpc) is 3.33. The van der Waals surface area contributed by atoms with Crippen molar-refractivity contribution in [1.29, 1.82) is 0 Å². The molecule has 25 heteroatoms. The Labute approximate surface area is 252 Å². The summed E-state index contributed by atoms with van der Waals surface area (Å²) in [5.74, 6) is -4.35. The van der Waals surface area contributed by atoms with Gasteiger partial charge in [-0.05, 0) is 0 Å². The monoisotopic (exact) mass is 708 g/mol. The number of hydrogen-bond acceptors (Lipinski definition) is 14. The molecular weight excluding hydrogens is 686 g/mol. The van der Waals surface area contributed by atoms with Gasteiger partial charge in [-0.2, -0.15) is 9.98 Å². The predicted molar refractivity (Wildman–Crippen MR) is 134 cm³/mol. The van der Waals surface area contributed by atoms with Gasteiger partial charge < -0.3 is 10.2 Å². The van der Waals surface area contributed by atoms with Crippen molar-refractivity contribution in [3.63, 3.8) is 0 Å². The van der Waals surface area contributed by atoms with Crippen molar-refractivity contribution in [3.05, 3.63) is 9.60 Å². The van der Waals surface area contributed by atoms with E-state index in [-0.39, 0.29) is 42.2 Å². The first-order chi connectivity index (χ1) is 18.3. The van der Waals surface area contributed by atoms with Crippen LogP contribution in [0.2, 0.25) is 0 Å². The molecule has 0 unspecified atom stereocenters. The maximum atomic E-state index is 12.5. The van der Waals surface area contributed by atoms with Gasteiger partial charge in [0.1, 0.15) is 0 Å². The summed E-state index contributed by atoms with van der Waals surface area (Å²) in [6, 6.07) is 0. The molecule has 0 saturated carbocycles. The number of aromatic nitrogens is 4. The van der Waals surface area contributed by atoms with E-state index in [1.54, 1.807) is 0 Å². The van der Waals surface area contributed by atoms with Crippen molar-refractivity contribution < 1.29 is 65.7 Å². The molecule has 6 N–H and O–H groups in total. The molecule has 20 nitrogen and oxygen atoms in total. The van der Waals surface area contributed by atoms with E-state index in [0.717, 1.165) is 19.2 Å². The Morgan fingerprint density at radius 1 is 0.756 bits per heavy atom. The third-order valence-corrected chi connectivity index (χ3v) is 9.09. The molecule has 0 aromatic carbocycles. The summed E-state index contributed by atoms with van der Waals surface area (Å²) < 4.78 is 46.8. The van der Waals surface area contributed by atoms with E-state index >= 15 is 0 Å². The first kappa shape index (κ1) is 36.4. The number of sulfonamides is 2. The van der Waals surface area contributed by atoms with Crippen molar-refractivity contribution in [1.82, 2.24) is 29.4 Å². The first-order valence-corrected chi connectivity index (χ1v) is 15.2. The molecule has 2 aromatic heterocycles. The minimum absolute atomic E-state index is 0. The maximum absolute atomic E-state index is 12.5. The number of hydrogen-bond donors (Lipinski definition) is 4. The van der Waals surface area contributed by atoms with Gasteiger partial charge in [-0.1, -0.05) is 22.7 Å². The van der Waals surface area contributed by atoms with Crippen molar-refractivity contribution in [2.75, 3.05) is 39.3 Å². The smallest absolute Gasteiger partial charge is 0.317 e. The number of amides is 2. The molecule has 0 aliphatic heterocycles. The molecule has 0 fully saturated rings. The Balaban J connectivity index is 0.00000840. The number of carboxylic acid groups (broad SMARTS) is 2. The summed E-state index contributed by atoms with van der Waals surface area (Å²) >= 11 is 1.04. The summed E-state index contributed by atoms with van der Waals surface area (Å²) in [6.45, 7) is -2.80. The molecule has 2 heterocycles. The number of nitrogens with zero attached hydrogens (tertiary/aromatic N) is 8. The van der Waals surface area contributed by atoms with E-state index in [4.69, 9.17) is 10.3 Å². The van der Waals surface area contributed by atoms with Crippen molar-refractivity contribution in [2.24, 2.45) is 34.4 Å². The largest absolute Gasteiger partial charge is 0.480 e. The Kier molecular flexibility index (Phi) is 13.3. The van der Waals surface area contributed by atoms with E-state index in [1.165, 1.54) is 14.1 Å². The van der Waals surface area contributed by atoms with E-state index in [2.05, 4.69) is 20.2 Å². The second kappa shape index (κ2) is 15.0. The fourth-order valence-electron chi connectivity index (χ4n) is 2.84. The fraction of sp³-hybridized carbons (Fsp3) is 0.500. The van der Waals surface area contributed by atoms with Gasteiger partial charge in [-0.25, -0.2) is 36.5 Å². The number of carbonyl (C=O) groups excluding carboxylic acids is 2. The molecular formula is C16H24N10O10S4Zn. The molecule has 2 amide bonds. The van der Waals surface area contributed by atoms with Gasteiger partial charge in [-0.3, -0.25) is 29.0 Å². The topological polar surface area (TPSA) is 296 Å². The molecule has 0 saturated heterocycles. The summed E-state index contributed by atoms with van der Waals surface area (Å²) in [7, 11) is -5.65. The molecule has 0 spiro atoms. The second-order valence-electron chi connectivity index (χ2n) is 7.86. The third-order valence-electron chi connectivity index (χ3n) is 4.47. The SMILES string of the molecule is Cn1nc(S(N)(=O)=O)sc1=NC(=O)CN(CCN(CC(=O)O)CC(=O)N=c1sc(S(N)(=O)=O)nn1C)CC(=O)O.[Zn]. The van der Waals surface area contributed by atoms with Crippen LogP contribution in [0, 0.1) is 0 Å². The van der Waals surface area contributed by atoms with Crippen LogP contribution in [0.5, 0.6) is 0 Å². The van der Waals surface area contributed by atoms with Crippen molar-refractivity contribution in [3.8, 4) is 0 Å². The van der Waals surface area contributed by atoms with Gasteiger partial charge in [-0.15, -0.1) is 10.2 Å². The number of aliphatic carboxylic acids is 2. The minimum Gasteiger partial charge on any atom is -0.480 e. The summed E-state index contributed by atoms with van der Waals surface area (Å²) in [4.78, 5) is 57.0. The van der Waals surface area contributed by atoms with Crippen LogP contribution in [0.25, 0.3) is 0 Å². The van der Waals surface area contributed by atoms with Crippen LogP contribution >= 0.6 is 22.7 Å².